The van der Waals surface area contributed by atoms with Gasteiger partial charge in [0, 0.05) is 26.1 Å². The number of imidazole rings is 1. The molecule has 1 aliphatic heterocycles. The van der Waals surface area contributed by atoms with Crippen molar-refractivity contribution in [1.82, 2.24) is 25.9 Å². The first-order chi connectivity index (χ1) is 8.66. The molecule has 0 fully saturated rings. The number of nitrogens with one attached hydrogen (secondary N) is 4. The van der Waals surface area contributed by atoms with Crippen LogP contribution in [0.3, 0.4) is 0 Å². The van der Waals surface area contributed by atoms with E-state index in [-0.39, 0.29) is 11.9 Å². The highest BCUT2D eigenvalue weighted by Crippen LogP contribution is 2.11. The van der Waals surface area contributed by atoms with E-state index in [1.807, 2.05) is 0 Å². The summed E-state index contributed by atoms with van der Waals surface area (Å²) in [5.41, 5.74) is 6.85. The number of H-pyrrole nitrogens is 1. The molecular formula is C10H16N6O2. The third-order valence-corrected chi connectivity index (χ3v) is 2.77. The number of amides is 3. The Balaban J connectivity index is 1.75. The molecule has 2 rings (SSSR count). The molecule has 1 aromatic rings. The molecular weight excluding hydrogens is 236 g/mol. The van der Waals surface area contributed by atoms with E-state index in [0.717, 1.165) is 11.4 Å². The fourth-order valence-corrected chi connectivity index (χ4v) is 1.85. The number of hydrogen-bond donors (Lipinski definition) is 5. The molecule has 3 amide bonds. The fraction of sp³-hybridized carbons (Fsp3) is 0.500. The summed E-state index contributed by atoms with van der Waals surface area (Å²) in [5, 5.41) is 8.24. The number of carbonyl (C=O) groups is 2. The van der Waals surface area contributed by atoms with E-state index < -0.39 is 6.03 Å². The monoisotopic (exact) mass is 252 g/mol. The highest BCUT2D eigenvalue weighted by atomic mass is 16.2. The van der Waals surface area contributed by atoms with Crippen LogP contribution in [0.15, 0.2) is 6.33 Å². The molecule has 18 heavy (non-hydrogen) atoms. The standard InChI is InChI=1S/C10H16N6O2/c11-10(18)13-2-1-12-9(17)7-3-6-8(4-14-7)16-5-15-6/h5,7,14H,1-4H2,(H,12,17)(H,15,16)(H3,11,13,18). The van der Waals surface area contributed by atoms with Gasteiger partial charge in [-0.3, -0.25) is 10.1 Å². The second-order valence-electron chi connectivity index (χ2n) is 4.05. The van der Waals surface area contributed by atoms with Crippen LogP contribution in [-0.2, 0) is 17.8 Å². The van der Waals surface area contributed by atoms with Crippen molar-refractivity contribution >= 4 is 11.9 Å². The maximum absolute atomic E-state index is 11.8. The Kier molecular flexibility index (Phi) is 3.78. The first-order valence-electron chi connectivity index (χ1n) is 5.72. The molecule has 0 saturated carbocycles. The van der Waals surface area contributed by atoms with Gasteiger partial charge in [-0.1, -0.05) is 0 Å². The van der Waals surface area contributed by atoms with Crippen molar-refractivity contribution < 1.29 is 9.59 Å². The predicted molar refractivity (Wildman–Crippen MR) is 63.5 cm³/mol. The molecule has 2 heterocycles. The zero-order valence-electron chi connectivity index (χ0n) is 9.82. The Morgan fingerprint density at radius 3 is 3.00 bits per heavy atom. The van der Waals surface area contributed by atoms with E-state index >= 15 is 0 Å². The second-order valence-corrected chi connectivity index (χ2v) is 4.05. The van der Waals surface area contributed by atoms with E-state index in [1.54, 1.807) is 6.33 Å². The molecule has 0 aromatic carbocycles. The molecule has 1 aromatic heterocycles. The van der Waals surface area contributed by atoms with Gasteiger partial charge >= 0.3 is 6.03 Å². The lowest BCUT2D eigenvalue weighted by Gasteiger charge is -2.22. The number of fused-ring (bicyclic) bond motifs is 1. The summed E-state index contributed by atoms with van der Waals surface area (Å²) in [6, 6.07) is -0.879. The Hall–Kier alpha value is -2.09. The van der Waals surface area contributed by atoms with Crippen LogP contribution in [-0.4, -0.2) is 41.0 Å². The lowest BCUT2D eigenvalue weighted by molar-refractivity contribution is -0.123. The zero-order chi connectivity index (χ0) is 13.0. The van der Waals surface area contributed by atoms with Gasteiger partial charge in [-0.2, -0.15) is 0 Å². The lowest BCUT2D eigenvalue weighted by atomic mass is 10.0. The van der Waals surface area contributed by atoms with Gasteiger partial charge < -0.3 is 21.4 Å². The molecule has 98 valence electrons. The molecule has 8 heteroatoms. The third-order valence-electron chi connectivity index (χ3n) is 2.77. The lowest BCUT2D eigenvalue weighted by Crippen LogP contribution is -2.49. The minimum Gasteiger partial charge on any atom is -0.353 e. The van der Waals surface area contributed by atoms with E-state index in [4.69, 9.17) is 5.73 Å². The van der Waals surface area contributed by atoms with Gasteiger partial charge in [0.1, 0.15) is 0 Å². The van der Waals surface area contributed by atoms with Gasteiger partial charge in [-0.25, -0.2) is 9.78 Å². The van der Waals surface area contributed by atoms with Crippen LogP contribution in [0, 0.1) is 0 Å². The number of nitrogens with zero attached hydrogens (tertiary/aromatic N) is 1. The Bertz CT molecular complexity index is 443. The summed E-state index contributed by atoms with van der Waals surface area (Å²) in [6.45, 7) is 1.28. The van der Waals surface area contributed by atoms with Crippen LogP contribution >= 0.6 is 0 Å². The summed E-state index contributed by atoms with van der Waals surface area (Å²) in [7, 11) is 0. The van der Waals surface area contributed by atoms with E-state index in [0.29, 0.717) is 26.1 Å². The van der Waals surface area contributed by atoms with E-state index in [2.05, 4.69) is 25.9 Å². The van der Waals surface area contributed by atoms with Crippen molar-refractivity contribution in [1.29, 1.82) is 0 Å². The van der Waals surface area contributed by atoms with Gasteiger partial charge in [0.05, 0.1) is 23.8 Å². The first-order valence-corrected chi connectivity index (χ1v) is 5.72. The summed E-state index contributed by atoms with van der Waals surface area (Å²) in [6.07, 6.45) is 2.19. The normalized spacial score (nSPS) is 17.9. The molecule has 1 unspecified atom stereocenters. The number of carbonyl (C=O) groups excluding carboxylic acids is 2. The van der Waals surface area contributed by atoms with E-state index in [1.165, 1.54) is 0 Å². The van der Waals surface area contributed by atoms with E-state index in [9.17, 15) is 9.59 Å². The molecule has 0 saturated heterocycles. The summed E-state index contributed by atoms with van der Waals surface area (Å²) in [5.74, 6) is -0.102. The molecule has 0 bridgehead atoms. The van der Waals surface area contributed by atoms with Crippen molar-refractivity contribution in [2.75, 3.05) is 13.1 Å². The van der Waals surface area contributed by atoms with Crippen molar-refractivity contribution in [2.24, 2.45) is 5.73 Å². The van der Waals surface area contributed by atoms with Crippen LogP contribution in [0.5, 0.6) is 0 Å². The molecule has 1 aliphatic rings. The van der Waals surface area contributed by atoms with Crippen LogP contribution in [0.1, 0.15) is 11.4 Å². The number of primary amides is 1. The van der Waals surface area contributed by atoms with Crippen LogP contribution < -0.4 is 21.7 Å². The minimum absolute atomic E-state index is 0.102. The molecule has 0 spiro atoms. The molecule has 1 atom stereocenters. The highest BCUT2D eigenvalue weighted by Gasteiger charge is 2.25. The maximum Gasteiger partial charge on any atom is 0.312 e. The summed E-state index contributed by atoms with van der Waals surface area (Å²) >= 11 is 0. The molecule has 0 aliphatic carbocycles. The first kappa shape index (κ1) is 12.4. The Morgan fingerprint density at radius 1 is 1.44 bits per heavy atom. The van der Waals surface area contributed by atoms with Gasteiger partial charge in [-0.15, -0.1) is 0 Å². The fourth-order valence-electron chi connectivity index (χ4n) is 1.85. The molecule has 6 N–H and O–H groups in total. The molecule has 8 nitrogen and oxygen atoms in total. The van der Waals surface area contributed by atoms with Crippen molar-refractivity contribution in [3.05, 3.63) is 17.7 Å². The predicted octanol–water partition coefficient (Wildman–Crippen LogP) is -1.79. The number of urea groups is 1. The Labute approximate surface area is 104 Å². The zero-order valence-corrected chi connectivity index (χ0v) is 9.82. The van der Waals surface area contributed by atoms with Crippen LogP contribution in [0.2, 0.25) is 0 Å². The summed E-state index contributed by atoms with van der Waals surface area (Å²) in [4.78, 5) is 29.4. The second kappa shape index (κ2) is 5.50. The highest BCUT2D eigenvalue weighted by molar-refractivity contribution is 5.82. The average Bonchev–Trinajstić information content (AvgIpc) is 2.81. The van der Waals surface area contributed by atoms with Crippen LogP contribution in [0.4, 0.5) is 4.79 Å². The number of rotatable bonds is 4. The SMILES string of the molecule is NC(=O)NCCNC(=O)C1Cc2nc[nH]c2CN1. The largest absolute Gasteiger partial charge is 0.353 e. The number of nitrogens with two attached hydrogens (primary N) is 1. The minimum atomic E-state index is -0.596. The van der Waals surface area contributed by atoms with Crippen molar-refractivity contribution in [2.45, 2.75) is 19.0 Å². The quantitative estimate of drug-likeness (QED) is 0.406. The number of aromatic amines is 1. The smallest absolute Gasteiger partial charge is 0.312 e. The van der Waals surface area contributed by atoms with Gasteiger partial charge in [0.25, 0.3) is 0 Å². The third kappa shape index (κ3) is 2.98. The van der Waals surface area contributed by atoms with Gasteiger partial charge in [0.2, 0.25) is 5.91 Å². The van der Waals surface area contributed by atoms with Crippen molar-refractivity contribution in [3.63, 3.8) is 0 Å². The molecule has 0 radical (unpaired) electrons. The number of hydrogen-bond acceptors (Lipinski definition) is 4. The summed E-state index contributed by atoms with van der Waals surface area (Å²) < 4.78 is 0. The average molecular weight is 252 g/mol. The van der Waals surface area contributed by atoms with Gasteiger partial charge in [0.15, 0.2) is 0 Å². The Morgan fingerprint density at radius 2 is 2.22 bits per heavy atom. The topological polar surface area (TPSA) is 125 Å². The van der Waals surface area contributed by atoms with Crippen molar-refractivity contribution in [3.8, 4) is 0 Å². The number of aromatic nitrogens is 2. The van der Waals surface area contributed by atoms with Crippen LogP contribution in [0.25, 0.3) is 0 Å². The maximum atomic E-state index is 11.8. The van der Waals surface area contributed by atoms with Gasteiger partial charge in [-0.05, 0) is 0 Å².